The Balaban J connectivity index is 2.88. The largest absolute Gasteiger partial charge is 0.478 e. The van der Waals surface area contributed by atoms with Crippen LogP contribution in [-0.4, -0.2) is 35.0 Å². The molecule has 1 aromatic heterocycles. The van der Waals surface area contributed by atoms with Crippen LogP contribution in [-0.2, 0) is 0 Å². The molecule has 15 heavy (non-hydrogen) atoms. The van der Waals surface area contributed by atoms with E-state index < -0.39 is 5.97 Å². The van der Waals surface area contributed by atoms with E-state index in [2.05, 4.69) is 0 Å². The quantitative estimate of drug-likeness (QED) is 0.821. The summed E-state index contributed by atoms with van der Waals surface area (Å²) in [5, 5.41) is 8.64. The fourth-order valence-electron chi connectivity index (χ4n) is 0.969. The van der Waals surface area contributed by atoms with E-state index >= 15 is 0 Å². The Hall–Kier alpha value is -1.78. The summed E-state index contributed by atoms with van der Waals surface area (Å²) in [5.41, 5.74) is -0.0180. The van der Waals surface area contributed by atoms with Crippen molar-refractivity contribution >= 4 is 11.9 Å². The lowest BCUT2D eigenvalue weighted by Crippen LogP contribution is -2.32. The van der Waals surface area contributed by atoms with Gasteiger partial charge < -0.3 is 14.4 Å². The third-order valence-corrected chi connectivity index (χ3v) is 2.15. The molecule has 0 aliphatic carbocycles. The van der Waals surface area contributed by atoms with Gasteiger partial charge in [0.05, 0.1) is 5.56 Å². The molecule has 1 N–H and O–H groups in total. The summed E-state index contributed by atoms with van der Waals surface area (Å²) in [5.74, 6) is -1.38. The van der Waals surface area contributed by atoms with E-state index in [-0.39, 0.29) is 23.3 Å². The highest BCUT2D eigenvalue weighted by Gasteiger charge is 2.19. The highest BCUT2D eigenvalue weighted by atomic mass is 16.4. The number of carboxylic acid groups (broad SMARTS) is 1. The standard InChI is InChI=1S/C10H13NO4/c1-6(2)11(3)9(12)8-4-7(5-15-8)10(13)14/h4-6H,1-3H3,(H,13,14). The molecular weight excluding hydrogens is 198 g/mol. The lowest BCUT2D eigenvalue weighted by Gasteiger charge is -2.19. The van der Waals surface area contributed by atoms with Crippen molar-refractivity contribution in [3.63, 3.8) is 0 Å². The Labute approximate surface area is 87.3 Å². The predicted octanol–water partition coefficient (Wildman–Crippen LogP) is 1.46. The van der Waals surface area contributed by atoms with Crippen molar-refractivity contribution in [2.24, 2.45) is 0 Å². The van der Waals surface area contributed by atoms with Crippen LogP contribution in [0.4, 0.5) is 0 Å². The van der Waals surface area contributed by atoms with Crippen molar-refractivity contribution < 1.29 is 19.1 Å². The molecule has 0 atom stereocenters. The van der Waals surface area contributed by atoms with Crippen LogP contribution < -0.4 is 0 Å². The number of amides is 1. The predicted molar refractivity (Wildman–Crippen MR) is 52.9 cm³/mol. The molecule has 0 spiro atoms. The van der Waals surface area contributed by atoms with E-state index in [9.17, 15) is 9.59 Å². The Bertz CT molecular complexity index is 381. The first kappa shape index (κ1) is 11.3. The molecule has 1 rings (SSSR count). The van der Waals surface area contributed by atoms with E-state index in [1.807, 2.05) is 13.8 Å². The number of carboxylic acids is 1. The average Bonchev–Trinajstić information content (AvgIpc) is 2.64. The molecule has 0 bridgehead atoms. The second kappa shape index (κ2) is 4.16. The lowest BCUT2D eigenvalue weighted by atomic mass is 10.2. The molecule has 0 aliphatic rings. The maximum absolute atomic E-state index is 11.7. The number of rotatable bonds is 3. The number of nitrogens with zero attached hydrogens (tertiary/aromatic N) is 1. The summed E-state index contributed by atoms with van der Waals surface area (Å²) in [4.78, 5) is 23.7. The number of hydrogen-bond donors (Lipinski definition) is 1. The van der Waals surface area contributed by atoms with Crippen LogP contribution in [0.25, 0.3) is 0 Å². The van der Waals surface area contributed by atoms with Gasteiger partial charge in [-0.15, -0.1) is 0 Å². The van der Waals surface area contributed by atoms with Crippen LogP contribution in [0, 0.1) is 0 Å². The molecular formula is C10H13NO4. The van der Waals surface area contributed by atoms with Gasteiger partial charge in [0.2, 0.25) is 0 Å². The van der Waals surface area contributed by atoms with E-state index in [1.54, 1.807) is 7.05 Å². The Kier molecular flexibility index (Phi) is 3.14. The molecule has 1 amide bonds. The topological polar surface area (TPSA) is 70.8 Å². The van der Waals surface area contributed by atoms with Crippen LogP contribution in [0.5, 0.6) is 0 Å². The number of aromatic carboxylic acids is 1. The lowest BCUT2D eigenvalue weighted by molar-refractivity contribution is 0.0693. The van der Waals surface area contributed by atoms with E-state index in [0.717, 1.165) is 6.26 Å². The van der Waals surface area contributed by atoms with Gasteiger partial charge in [0.25, 0.3) is 5.91 Å². The molecule has 0 unspecified atom stereocenters. The molecule has 5 nitrogen and oxygen atoms in total. The maximum Gasteiger partial charge on any atom is 0.338 e. The van der Waals surface area contributed by atoms with Gasteiger partial charge in [-0.25, -0.2) is 4.79 Å². The zero-order valence-electron chi connectivity index (χ0n) is 8.85. The normalized spacial score (nSPS) is 10.4. The second-order valence-electron chi connectivity index (χ2n) is 3.51. The molecule has 0 aliphatic heterocycles. The molecule has 82 valence electrons. The summed E-state index contributed by atoms with van der Waals surface area (Å²) in [7, 11) is 1.63. The molecule has 0 aromatic carbocycles. The van der Waals surface area contributed by atoms with Crippen molar-refractivity contribution in [3.05, 3.63) is 23.7 Å². The van der Waals surface area contributed by atoms with E-state index in [1.165, 1.54) is 11.0 Å². The van der Waals surface area contributed by atoms with Crippen LogP contribution in [0.15, 0.2) is 16.7 Å². The van der Waals surface area contributed by atoms with E-state index in [0.29, 0.717) is 0 Å². The monoisotopic (exact) mass is 211 g/mol. The third-order valence-electron chi connectivity index (χ3n) is 2.15. The van der Waals surface area contributed by atoms with Gasteiger partial charge in [0.15, 0.2) is 5.76 Å². The Morgan fingerprint density at radius 2 is 2.07 bits per heavy atom. The second-order valence-corrected chi connectivity index (χ2v) is 3.51. The van der Waals surface area contributed by atoms with Crippen molar-refractivity contribution in [2.45, 2.75) is 19.9 Å². The van der Waals surface area contributed by atoms with Crippen molar-refractivity contribution in [3.8, 4) is 0 Å². The molecule has 1 heterocycles. The summed E-state index contributed by atoms with van der Waals surface area (Å²) in [6.45, 7) is 3.72. The van der Waals surface area contributed by atoms with Gasteiger partial charge >= 0.3 is 5.97 Å². The first-order valence-corrected chi connectivity index (χ1v) is 4.52. The van der Waals surface area contributed by atoms with Gasteiger partial charge in [0, 0.05) is 19.2 Å². The fourth-order valence-corrected chi connectivity index (χ4v) is 0.969. The van der Waals surface area contributed by atoms with Gasteiger partial charge in [-0.1, -0.05) is 0 Å². The third kappa shape index (κ3) is 2.37. The summed E-state index contributed by atoms with van der Waals surface area (Å²) in [6, 6.07) is 1.26. The molecule has 0 saturated heterocycles. The van der Waals surface area contributed by atoms with Gasteiger partial charge in [0.1, 0.15) is 6.26 Å². The number of furan rings is 1. The minimum Gasteiger partial charge on any atom is -0.478 e. The van der Waals surface area contributed by atoms with Crippen LogP contribution in [0.3, 0.4) is 0 Å². The van der Waals surface area contributed by atoms with E-state index in [4.69, 9.17) is 9.52 Å². The van der Waals surface area contributed by atoms with Crippen molar-refractivity contribution in [1.82, 2.24) is 4.90 Å². The minimum atomic E-state index is -1.11. The van der Waals surface area contributed by atoms with Gasteiger partial charge in [-0.2, -0.15) is 0 Å². The SMILES string of the molecule is CC(C)N(C)C(=O)c1cc(C(=O)O)co1. The maximum atomic E-state index is 11.7. The fraction of sp³-hybridized carbons (Fsp3) is 0.400. The smallest absolute Gasteiger partial charge is 0.338 e. The Morgan fingerprint density at radius 1 is 1.47 bits per heavy atom. The first-order valence-electron chi connectivity index (χ1n) is 4.52. The van der Waals surface area contributed by atoms with Crippen LogP contribution in [0.1, 0.15) is 34.8 Å². The van der Waals surface area contributed by atoms with Gasteiger partial charge in [-0.05, 0) is 13.8 Å². The summed E-state index contributed by atoms with van der Waals surface area (Å²) < 4.78 is 4.89. The molecule has 1 aromatic rings. The highest BCUT2D eigenvalue weighted by Crippen LogP contribution is 2.11. The number of carbonyl (C=O) groups is 2. The summed E-state index contributed by atoms with van der Waals surface area (Å²) >= 11 is 0. The Morgan fingerprint density at radius 3 is 2.47 bits per heavy atom. The number of hydrogen-bond acceptors (Lipinski definition) is 3. The zero-order valence-corrected chi connectivity index (χ0v) is 8.85. The average molecular weight is 211 g/mol. The first-order chi connectivity index (χ1) is 6.93. The summed E-state index contributed by atoms with van der Waals surface area (Å²) in [6.07, 6.45) is 1.06. The van der Waals surface area contributed by atoms with Gasteiger partial charge in [-0.3, -0.25) is 4.79 Å². The van der Waals surface area contributed by atoms with Crippen LogP contribution >= 0.6 is 0 Å². The molecule has 0 radical (unpaired) electrons. The minimum absolute atomic E-state index is 0.0180. The molecule has 0 saturated carbocycles. The number of carbonyl (C=O) groups excluding carboxylic acids is 1. The molecule has 0 fully saturated rings. The highest BCUT2D eigenvalue weighted by molar-refractivity contribution is 5.95. The van der Waals surface area contributed by atoms with Crippen molar-refractivity contribution in [2.75, 3.05) is 7.05 Å². The molecule has 5 heteroatoms. The van der Waals surface area contributed by atoms with Crippen molar-refractivity contribution in [1.29, 1.82) is 0 Å². The van der Waals surface area contributed by atoms with Crippen LogP contribution in [0.2, 0.25) is 0 Å². The zero-order chi connectivity index (χ0) is 11.6.